The van der Waals surface area contributed by atoms with Gasteiger partial charge in [0.2, 0.25) is 5.91 Å². The largest absolute Gasteiger partial charge is 0.385 e. The molecule has 1 aliphatic rings. The van der Waals surface area contributed by atoms with Crippen LogP contribution in [0.3, 0.4) is 0 Å². The number of unbranched alkanes of at least 4 members (excludes halogenated alkanes) is 1. The molecule has 0 atom stereocenters. The summed E-state index contributed by atoms with van der Waals surface area (Å²) < 4.78 is 8.46. The molecule has 1 N–H and O–H groups in total. The summed E-state index contributed by atoms with van der Waals surface area (Å²) in [6.07, 6.45) is 10.3. The summed E-state index contributed by atoms with van der Waals surface area (Å²) in [5, 5.41) is 3.19. The van der Waals surface area contributed by atoms with Crippen LogP contribution in [-0.4, -0.2) is 65.7 Å². The van der Waals surface area contributed by atoms with Crippen molar-refractivity contribution in [3.8, 4) is 0 Å². The number of nitrogens with zero attached hydrogens (tertiary/aromatic N) is 3. The maximum Gasteiger partial charge on any atom is 0.318 e. The van der Waals surface area contributed by atoms with E-state index >= 15 is 0 Å². The first-order chi connectivity index (χ1) is 18.0. The highest BCUT2D eigenvalue weighted by Crippen LogP contribution is 2.18. The fourth-order valence-electron chi connectivity index (χ4n) is 4.80. The molecule has 0 unspecified atom stereocenters. The van der Waals surface area contributed by atoms with Crippen molar-refractivity contribution in [2.24, 2.45) is 0 Å². The van der Waals surface area contributed by atoms with E-state index in [0.29, 0.717) is 32.7 Å². The summed E-state index contributed by atoms with van der Waals surface area (Å²) in [5.41, 5.74) is 2.29. The predicted octanol–water partition coefficient (Wildman–Crippen LogP) is 5.81. The first-order valence-electron chi connectivity index (χ1n) is 13.7. The molecule has 1 saturated carbocycles. The van der Waals surface area contributed by atoms with Gasteiger partial charge in [-0.2, -0.15) is 0 Å². The van der Waals surface area contributed by atoms with Crippen molar-refractivity contribution in [2.45, 2.75) is 77.4 Å². The average molecular weight is 576 g/mol. The molecule has 37 heavy (non-hydrogen) atoms. The van der Waals surface area contributed by atoms with Gasteiger partial charge in [-0.05, 0) is 55.5 Å². The van der Waals surface area contributed by atoms with Crippen LogP contribution in [0.5, 0.6) is 0 Å². The Morgan fingerprint density at radius 3 is 2.49 bits per heavy atom. The van der Waals surface area contributed by atoms with Gasteiger partial charge in [0.25, 0.3) is 0 Å². The van der Waals surface area contributed by atoms with E-state index in [1.165, 1.54) is 12.0 Å². The molecular formula is C29H43BrN4O3. The van der Waals surface area contributed by atoms with E-state index in [2.05, 4.69) is 57.1 Å². The first-order valence-corrected chi connectivity index (χ1v) is 14.5. The van der Waals surface area contributed by atoms with Crippen molar-refractivity contribution in [2.75, 3.05) is 33.4 Å². The monoisotopic (exact) mass is 574 g/mol. The standard InChI is InChI=1S/C29H43BrN4O3/c1-3-4-17-33(22-27-12-8-18-32(27)21-24-13-15-25(30)16-14-24)28(35)23-34(19-9-20-37-2)29(36)31-26-10-6-5-7-11-26/h8,12-16,18,26H,3-7,9-11,17,19-23H2,1-2H3,(H,31,36). The van der Waals surface area contributed by atoms with Crippen LogP contribution in [0, 0.1) is 0 Å². The lowest BCUT2D eigenvalue weighted by Crippen LogP contribution is -2.50. The molecule has 0 saturated heterocycles. The van der Waals surface area contributed by atoms with E-state index < -0.39 is 0 Å². The molecule has 204 valence electrons. The minimum Gasteiger partial charge on any atom is -0.385 e. The average Bonchev–Trinajstić information content (AvgIpc) is 3.34. The topological polar surface area (TPSA) is 66.8 Å². The number of ether oxygens (including phenoxy) is 1. The van der Waals surface area contributed by atoms with Crippen LogP contribution in [0.2, 0.25) is 0 Å². The van der Waals surface area contributed by atoms with Crippen molar-refractivity contribution in [1.82, 2.24) is 19.7 Å². The first kappa shape index (κ1) is 29.2. The second-order valence-corrected chi connectivity index (χ2v) is 10.9. The van der Waals surface area contributed by atoms with Gasteiger partial charge in [-0.25, -0.2) is 4.79 Å². The number of nitrogens with one attached hydrogen (secondary N) is 1. The minimum atomic E-state index is -0.134. The van der Waals surface area contributed by atoms with Gasteiger partial charge in [0.05, 0.1) is 6.54 Å². The van der Waals surface area contributed by atoms with Gasteiger partial charge < -0.3 is 24.4 Å². The zero-order valence-electron chi connectivity index (χ0n) is 22.5. The summed E-state index contributed by atoms with van der Waals surface area (Å²) in [4.78, 5) is 30.3. The summed E-state index contributed by atoms with van der Waals surface area (Å²) in [6.45, 7) is 5.23. The molecule has 0 radical (unpaired) electrons. The highest BCUT2D eigenvalue weighted by atomic mass is 79.9. The number of hydrogen-bond donors (Lipinski definition) is 1. The van der Waals surface area contributed by atoms with Crippen molar-refractivity contribution in [3.63, 3.8) is 0 Å². The molecule has 0 spiro atoms. The SMILES string of the molecule is CCCCN(Cc1cccn1Cc1ccc(Br)cc1)C(=O)CN(CCCOC)C(=O)NC1CCCCC1. The summed E-state index contributed by atoms with van der Waals surface area (Å²) in [5.74, 6) is -0.0129. The van der Waals surface area contributed by atoms with Crippen LogP contribution in [0.25, 0.3) is 0 Å². The smallest absolute Gasteiger partial charge is 0.318 e. The van der Waals surface area contributed by atoms with Crippen LogP contribution < -0.4 is 5.32 Å². The molecular weight excluding hydrogens is 532 g/mol. The van der Waals surface area contributed by atoms with Crippen molar-refractivity contribution in [1.29, 1.82) is 0 Å². The number of carbonyl (C=O) groups excluding carboxylic acids is 2. The van der Waals surface area contributed by atoms with Crippen LogP contribution >= 0.6 is 15.9 Å². The van der Waals surface area contributed by atoms with E-state index in [-0.39, 0.29) is 24.5 Å². The molecule has 1 aliphatic carbocycles. The molecule has 3 rings (SSSR count). The number of rotatable bonds is 14. The molecule has 7 nitrogen and oxygen atoms in total. The number of benzene rings is 1. The third kappa shape index (κ3) is 9.82. The van der Waals surface area contributed by atoms with Gasteiger partial charge >= 0.3 is 6.03 Å². The van der Waals surface area contributed by atoms with E-state index in [0.717, 1.165) is 55.2 Å². The number of aromatic nitrogens is 1. The minimum absolute atomic E-state index is 0.0129. The van der Waals surface area contributed by atoms with E-state index in [9.17, 15) is 9.59 Å². The molecule has 1 aromatic carbocycles. The molecule has 2 aromatic rings. The number of halogens is 1. The van der Waals surface area contributed by atoms with Crippen LogP contribution in [-0.2, 0) is 22.6 Å². The maximum atomic E-state index is 13.6. The number of hydrogen-bond acceptors (Lipinski definition) is 3. The number of carbonyl (C=O) groups is 2. The van der Waals surface area contributed by atoms with Crippen molar-refractivity contribution in [3.05, 3.63) is 58.3 Å². The molecule has 3 amide bonds. The number of urea groups is 1. The quantitative estimate of drug-likeness (QED) is 0.289. The van der Waals surface area contributed by atoms with Gasteiger partial charge in [-0.3, -0.25) is 4.79 Å². The molecule has 1 aromatic heterocycles. The van der Waals surface area contributed by atoms with Crippen molar-refractivity contribution >= 4 is 27.9 Å². The number of amides is 3. The Hall–Kier alpha value is -2.32. The Kier molecular flexibility index (Phi) is 12.5. The van der Waals surface area contributed by atoms with E-state index in [1.54, 1.807) is 12.0 Å². The third-order valence-corrected chi connectivity index (χ3v) is 7.53. The number of methoxy groups -OCH3 is 1. The van der Waals surface area contributed by atoms with Crippen LogP contribution in [0.4, 0.5) is 4.79 Å². The fourth-order valence-corrected chi connectivity index (χ4v) is 5.06. The Labute approximate surface area is 230 Å². The Morgan fingerprint density at radius 1 is 1.05 bits per heavy atom. The van der Waals surface area contributed by atoms with Crippen LogP contribution in [0.15, 0.2) is 47.1 Å². The predicted molar refractivity (Wildman–Crippen MR) is 151 cm³/mol. The summed E-state index contributed by atoms with van der Waals surface area (Å²) >= 11 is 3.50. The lowest BCUT2D eigenvalue weighted by molar-refractivity contribution is -0.132. The molecule has 8 heteroatoms. The fraction of sp³-hybridized carbons (Fsp3) is 0.586. The van der Waals surface area contributed by atoms with Gasteiger partial charge in [-0.15, -0.1) is 0 Å². The van der Waals surface area contributed by atoms with E-state index in [1.807, 2.05) is 23.1 Å². The van der Waals surface area contributed by atoms with Crippen molar-refractivity contribution < 1.29 is 14.3 Å². The lowest BCUT2D eigenvalue weighted by atomic mass is 9.96. The second-order valence-electron chi connectivity index (χ2n) is 9.98. The highest BCUT2D eigenvalue weighted by molar-refractivity contribution is 9.10. The normalized spacial score (nSPS) is 13.9. The van der Waals surface area contributed by atoms with Gasteiger partial charge in [0.1, 0.15) is 6.54 Å². The second kappa shape index (κ2) is 15.8. The molecule has 0 aliphatic heterocycles. The molecule has 1 heterocycles. The van der Waals surface area contributed by atoms with Gasteiger partial charge in [0, 0.05) is 55.8 Å². The molecule has 1 fully saturated rings. The third-order valence-electron chi connectivity index (χ3n) is 7.00. The van der Waals surface area contributed by atoms with Crippen LogP contribution in [0.1, 0.15) is 69.5 Å². The lowest BCUT2D eigenvalue weighted by Gasteiger charge is -2.30. The highest BCUT2D eigenvalue weighted by Gasteiger charge is 2.24. The Morgan fingerprint density at radius 2 is 1.78 bits per heavy atom. The van der Waals surface area contributed by atoms with Gasteiger partial charge in [-0.1, -0.05) is 60.7 Å². The Bertz CT molecular complexity index is 956. The summed E-state index contributed by atoms with van der Waals surface area (Å²) in [7, 11) is 1.66. The zero-order valence-corrected chi connectivity index (χ0v) is 24.0. The van der Waals surface area contributed by atoms with E-state index in [4.69, 9.17) is 4.74 Å². The Balaban J connectivity index is 1.68. The zero-order chi connectivity index (χ0) is 26.5. The molecule has 0 bridgehead atoms. The summed E-state index contributed by atoms with van der Waals surface area (Å²) in [6, 6.07) is 12.5. The van der Waals surface area contributed by atoms with Gasteiger partial charge in [0.15, 0.2) is 0 Å². The maximum absolute atomic E-state index is 13.6.